The molecule has 0 saturated heterocycles. The Morgan fingerprint density at radius 3 is 2.53 bits per heavy atom. The molecule has 0 atom stereocenters. The Morgan fingerprint density at radius 1 is 1.47 bits per heavy atom. The molecule has 0 spiro atoms. The highest BCUT2D eigenvalue weighted by Gasteiger charge is 2.16. The van der Waals surface area contributed by atoms with E-state index in [0.717, 1.165) is 10.6 Å². The summed E-state index contributed by atoms with van der Waals surface area (Å²) < 4.78 is 24.6. The smallest absolute Gasteiger partial charge is 0.255 e. The molecule has 0 aliphatic heterocycles. The Labute approximate surface area is 96.9 Å². The Hall–Kier alpha value is -0.420. The van der Waals surface area contributed by atoms with Crippen LogP contribution in [0, 0.1) is 13.8 Å². The molecule has 0 N–H and O–H groups in total. The van der Waals surface area contributed by atoms with Crippen LogP contribution >= 0.6 is 22.9 Å². The van der Waals surface area contributed by atoms with Gasteiger partial charge in [0.15, 0.2) is 5.13 Å². The van der Waals surface area contributed by atoms with Crippen molar-refractivity contribution >= 4 is 28.1 Å². The Bertz CT molecular complexity index is 298. The predicted octanol–water partition coefficient (Wildman–Crippen LogP) is 3.07. The van der Waals surface area contributed by atoms with Crippen molar-refractivity contribution in [2.75, 3.05) is 23.9 Å². The summed E-state index contributed by atoms with van der Waals surface area (Å²) in [4.78, 5) is 6.82. The third-order valence-electron chi connectivity index (χ3n) is 2.00. The monoisotopic (exact) mass is 254 g/mol. The van der Waals surface area contributed by atoms with Crippen LogP contribution in [0.4, 0.5) is 13.9 Å². The van der Waals surface area contributed by atoms with E-state index >= 15 is 0 Å². The van der Waals surface area contributed by atoms with Gasteiger partial charge < -0.3 is 4.90 Å². The van der Waals surface area contributed by atoms with Crippen LogP contribution in [-0.4, -0.2) is 30.4 Å². The molecule has 0 aliphatic carbocycles. The van der Waals surface area contributed by atoms with Crippen molar-refractivity contribution in [3.05, 3.63) is 10.6 Å². The third kappa shape index (κ3) is 3.57. The Balaban J connectivity index is 2.78. The Morgan fingerprint density at radius 2 is 2.13 bits per heavy atom. The molecule has 0 aliphatic rings. The SMILES string of the molecule is Cc1nc(N(CCCl)CC(F)F)sc1C. The van der Waals surface area contributed by atoms with E-state index in [0.29, 0.717) is 17.6 Å². The van der Waals surface area contributed by atoms with Crippen LogP contribution < -0.4 is 4.90 Å². The van der Waals surface area contributed by atoms with E-state index in [1.165, 1.54) is 16.2 Å². The van der Waals surface area contributed by atoms with Gasteiger partial charge in [0.25, 0.3) is 6.43 Å². The first-order valence-corrected chi connectivity index (χ1v) is 5.92. The molecule has 0 fully saturated rings. The first-order chi connectivity index (χ1) is 7.04. The van der Waals surface area contributed by atoms with Crippen LogP contribution in [0.25, 0.3) is 0 Å². The van der Waals surface area contributed by atoms with Crippen LogP contribution in [0.5, 0.6) is 0 Å². The maximum Gasteiger partial charge on any atom is 0.255 e. The van der Waals surface area contributed by atoms with Crippen LogP contribution in [0.2, 0.25) is 0 Å². The van der Waals surface area contributed by atoms with Crippen LogP contribution in [0.1, 0.15) is 10.6 Å². The molecule has 2 nitrogen and oxygen atoms in total. The highest BCUT2D eigenvalue weighted by Crippen LogP contribution is 2.25. The van der Waals surface area contributed by atoms with Crippen molar-refractivity contribution < 1.29 is 8.78 Å². The van der Waals surface area contributed by atoms with Gasteiger partial charge in [-0.05, 0) is 13.8 Å². The van der Waals surface area contributed by atoms with Crippen LogP contribution in [0.15, 0.2) is 0 Å². The van der Waals surface area contributed by atoms with E-state index in [9.17, 15) is 8.78 Å². The van der Waals surface area contributed by atoms with Crippen molar-refractivity contribution in [2.24, 2.45) is 0 Å². The molecule has 0 aromatic carbocycles. The van der Waals surface area contributed by atoms with E-state index in [4.69, 9.17) is 11.6 Å². The molecule has 86 valence electrons. The summed E-state index contributed by atoms with van der Waals surface area (Å²) in [6.07, 6.45) is -2.36. The van der Waals surface area contributed by atoms with E-state index in [1.54, 1.807) is 0 Å². The number of halogens is 3. The van der Waals surface area contributed by atoms with Gasteiger partial charge in [-0.15, -0.1) is 22.9 Å². The lowest BCUT2D eigenvalue weighted by atomic mass is 10.4. The minimum absolute atomic E-state index is 0.306. The van der Waals surface area contributed by atoms with E-state index in [-0.39, 0.29) is 6.54 Å². The largest absolute Gasteiger partial charge is 0.341 e. The van der Waals surface area contributed by atoms with E-state index in [2.05, 4.69) is 4.98 Å². The number of aryl methyl sites for hydroxylation is 2. The van der Waals surface area contributed by atoms with E-state index < -0.39 is 6.43 Å². The quantitative estimate of drug-likeness (QED) is 0.751. The number of anilines is 1. The number of thiazole rings is 1. The first-order valence-electron chi connectivity index (χ1n) is 4.57. The second kappa shape index (κ2) is 5.61. The molecule has 0 bridgehead atoms. The fourth-order valence-corrected chi connectivity index (χ4v) is 2.27. The van der Waals surface area contributed by atoms with Gasteiger partial charge in [-0.3, -0.25) is 0 Å². The number of rotatable bonds is 5. The van der Waals surface area contributed by atoms with Crippen molar-refractivity contribution in [3.63, 3.8) is 0 Å². The molecule has 15 heavy (non-hydrogen) atoms. The molecular formula is C9H13ClF2N2S. The molecule has 1 rings (SSSR count). The van der Waals surface area contributed by atoms with Crippen LogP contribution in [-0.2, 0) is 0 Å². The lowest BCUT2D eigenvalue weighted by molar-refractivity contribution is 0.155. The zero-order valence-electron chi connectivity index (χ0n) is 8.64. The topological polar surface area (TPSA) is 16.1 Å². The molecule has 1 aromatic rings. The number of alkyl halides is 3. The predicted molar refractivity (Wildman–Crippen MR) is 60.5 cm³/mol. The maximum absolute atomic E-state index is 12.3. The Kier molecular flexibility index (Phi) is 4.73. The number of aromatic nitrogens is 1. The van der Waals surface area contributed by atoms with Gasteiger partial charge in [0.1, 0.15) is 0 Å². The highest BCUT2D eigenvalue weighted by atomic mass is 35.5. The summed E-state index contributed by atoms with van der Waals surface area (Å²) in [7, 11) is 0. The summed E-state index contributed by atoms with van der Waals surface area (Å²) in [5.74, 6) is 0.324. The summed E-state index contributed by atoms with van der Waals surface area (Å²) >= 11 is 6.99. The molecule has 0 unspecified atom stereocenters. The molecule has 0 radical (unpaired) electrons. The summed E-state index contributed by atoms with van der Waals surface area (Å²) in [5.41, 5.74) is 0.892. The third-order valence-corrected chi connectivity index (χ3v) is 3.30. The molecular weight excluding hydrogens is 242 g/mol. The number of nitrogens with zero attached hydrogens (tertiary/aromatic N) is 2. The van der Waals surface area contributed by atoms with Crippen molar-refractivity contribution in [1.82, 2.24) is 4.98 Å². The lowest BCUT2D eigenvalue weighted by Crippen LogP contribution is -2.30. The van der Waals surface area contributed by atoms with Gasteiger partial charge in [0, 0.05) is 17.3 Å². The molecule has 1 aromatic heterocycles. The second-order valence-electron chi connectivity index (χ2n) is 3.16. The standard InChI is InChI=1S/C9H13ClF2N2S/c1-6-7(2)15-9(13-6)14(4-3-10)5-8(11)12/h8H,3-5H2,1-2H3. The van der Waals surface area contributed by atoms with Gasteiger partial charge in [-0.2, -0.15) is 0 Å². The summed E-state index contributed by atoms with van der Waals surface area (Å²) in [6, 6.07) is 0. The van der Waals surface area contributed by atoms with E-state index in [1.807, 2.05) is 13.8 Å². The van der Waals surface area contributed by atoms with Crippen molar-refractivity contribution in [1.29, 1.82) is 0 Å². The minimum Gasteiger partial charge on any atom is -0.341 e. The molecule has 0 amide bonds. The number of hydrogen-bond acceptors (Lipinski definition) is 3. The fraction of sp³-hybridized carbons (Fsp3) is 0.667. The van der Waals surface area contributed by atoms with Gasteiger partial charge >= 0.3 is 0 Å². The zero-order valence-corrected chi connectivity index (χ0v) is 10.2. The molecule has 6 heteroatoms. The first kappa shape index (κ1) is 12.6. The minimum atomic E-state index is -2.36. The summed E-state index contributed by atoms with van der Waals surface area (Å²) in [5, 5.41) is 0.631. The van der Waals surface area contributed by atoms with Crippen LogP contribution in [0.3, 0.4) is 0 Å². The van der Waals surface area contributed by atoms with Gasteiger partial charge in [0.05, 0.1) is 12.2 Å². The van der Waals surface area contributed by atoms with Crippen molar-refractivity contribution in [2.45, 2.75) is 20.3 Å². The highest BCUT2D eigenvalue weighted by molar-refractivity contribution is 7.15. The van der Waals surface area contributed by atoms with Gasteiger partial charge in [-0.1, -0.05) is 0 Å². The second-order valence-corrected chi connectivity index (χ2v) is 4.72. The lowest BCUT2D eigenvalue weighted by Gasteiger charge is -2.19. The normalized spacial score (nSPS) is 11.1. The zero-order chi connectivity index (χ0) is 11.4. The van der Waals surface area contributed by atoms with Gasteiger partial charge in [-0.25, -0.2) is 13.8 Å². The molecule has 1 heterocycles. The average Bonchev–Trinajstić information content (AvgIpc) is 2.46. The maximum atomic E-state index is 12.3. The number of hydrogen-bond donors (Lipinski definition) is 0. The summed E-state index contributed by atoms with van der Waals surface area (Å²) in [6.45, 7) is 3.89. The van der Waals surface area contributed by atoms with Crippen molar-refractivity contribution in [3.8, 4) is 0 Å². The molecule has 0 saturated carbocycles. The fourth-order valence-electron chi connectivity index (χ4n) is 1.12. The average molecular weight is 255 g/mol. The van der Waals surface area contributed by atoms with Gasteiger partial charge in [0.2, 0.25) is 0 Å².